The van der Waals surface area contributed by atoms with Crippen LogP contribution in [-0.4, -0.2) is 13.1 Å². The van der Waals surface area contributed by atoms with Crippen molar-refractivity contribution in [3.63, 3.8) is 0 Å². The van der Waals surface area contributed by atoms with Gasteiger partial charge in [0.2, 0.25) is 0 Å². The lowest BCUT2D eigenvalue weighted by Crippen LogP contribution is -1.80. The van der Waals surface area contributed by atoms with Crippen molar-refractivity contribution in [2.24, 2.45) is 0 Å². The van der Waals surface area contributed by atoms with Gasteiger partial charge < -0.3 is 4.74 Å². The zero-order valence-corrected chi connectivity index (χ0v) is 10.9. The molecule has 0 bridgehead atoms. The molecule has 0 unspecified atom stereocenters. The summed E-state index contributed by atoms with van der Waals surface area (Å²) in [5.41, 5.74) is 0. The van der Waals surface area contributed by atoms with E-state index in [2.05, 4.69) is 65.4 Å². The van der Waals surface area contributed by atoms with Crippen LogP contribution in [0, 0.1) is 0 Å². The molecular formula is C17H16O2. The van der Waals surface area contributed by atoms with Crippen LogP contribution in [-0.2, 0) is 9.53 Å². The number of rotatable bonds is 2. The minimum absolute atomic E-state index is 0.431. The first-order valence-corrected chi connectivity index (χ1v) is 6.28. The maximum atomic E-state index is 9.18. The maximum Gasteiger partial charge on any atom is 0.293 e. The lowest BCUT2D eigenvalue weighted by molar-refractivity contribution is -0.128. The van der Waals surface area contributed by atoms with Crippen LogP contribution in [0.5, 0.6) is 0 Å². The number of hydrogen-bond donors (Lipinski definition) is 0. The second kappa shape index (κ2) is 6.55. The van der Waals surface area contributed by atoms with Crippen LogP contribution in [0.1, 0.15) is 6.92 Å². The largest absolute Gasteiger partial charge is 0.468 e. The monoisotopic (exact) mass is 252 g/mol. The van der Waals surface area contributed by atoms with Crippen LogP contribution in [0.15, 0.2) is 60.7 Å². The first kappa shape index (κ1) is 13.1. The molecule has 0 radical (unpaired) electrons. The SMILES string of the molecule is CCOC=O.c1ccc2c(c1)ccc1ccccc12. The zero-order chi connectivity index (χ0) is 13.5. The van der Waals surface area contributed by atoms with Gasteiger partial charge in [0, 0.05) is 0 Å². The van der Waals surface area contributed by atoms with Gasteiger partial charge in [-0.15, -0.1) is 0 Å². The fourth-order valence-electron chi connectivity index (χ4n) is 2.02. The summed E-state index contributed by atoms with van der Waals surface area (Å²) in [6.07, 6.45) is 0. The number of fused-ring (bicyclic) bond motifs is 3. The van der Waals surface area contributed by atoms with E-state index in [9.17, 15) is 4.79 Å². The molecule has 3 aromatic carbocycles. The zero-order valence-electron chi connectivity index (χ0n) is 10.9. The minimum Gasteiger partial charge on any atom is -0.468 e. The lowest BCUT2D eigenvalue weighted by Gasteiger charge is -2.02. The van der Waals surface area contributed by atoms with Crippen LogP contribution in [0.2, 0.25) is 0 Å². The molecule has 2 heteroatoms. The van der Waals surface area contributed by atoms with Crippen molar-refractivity contribution < 1.29 is 9.53 Å². The first-order valence-electron chi connectivity index (χ1n) is 6.28. The molecule has 0 saturated carbocycles. The van der Waals surface area contributed by atoms with Crippen LogP contribution in [0.25, 0.3) is 21.5 Å². The smallest absolute Gasteiger partial charge is 0.293 e. The summed E-state index contributed by atoms with van der Waals surface area (Å²) in [7, 11) is 0. The van der Waals surface area contributed by atoms with E-state index in [0.717, 1.165) is 0 Å². The quantitative estimate of drug-likeness (QED) is 0.505. The Morgan fingerprint density at radius 2 is 1.32 bits per heavy atom. The van der Waals surface area contributed by atoms with E-state index >= 15 is 0 Å². The Bertz CT molecular complexity index is 619. The Labute approximate surface area is 112 Å². The highest BCUT2D eigenvalue weighted by Crippen LogP contribution is 2.24. The van der Waals surface area contributed by atoms with E-state index in [-0.39, 0.29) is 0 Å². The molecule has 3 rings (SSSR count). The van der Waals surface area contributed by atoms with Crippen LogP contribution >= 0.6 is 0 Å². The highest BCUT2D eigenvalue weighted by Gasteiger charge is 1.97. The maximum absolute atomic E-state index is 9.18. The van der Waals surface area contributed by atoms with Gasteiger partial charge in [0.1, 0.15) is 0 Å². The molecule has 96 valence electrons. The summed E-state index contributed by atoms with van der Waals surface area (Å²) >= 11 is 0. The summed E-state index contributed by atoms with van der Waals surface area (Å²) < 4.78 is 4.15. The van der Waals surface area contributed by atoms with E-state index in [1.54, 1.807) is 6.92 Å². The predicted octanol–water partition coefficient (Wildman–Crippen LogP) is 4.17. The Balaban J connectivity index is 0.000000232. The number of carbonyl (C=O) groups is 1. The molecule has 2 nitrogen and oxygen atoms in total. The fraction of sp³-hybridized carbons (Fsp3) is 0.118. The Morgan fingerprint density at radius 1 is 0.842 bits per heavy atom. The molecule has 0 aliphatic carbocycles. The molecular weight excluding hydrogens is 236 g/mol. The van der Waals surface area contributed by atoms with Crippen molar-refractivity contribution in [1.29, 1.82) is 0 Å². The van der Waals surface area contributed by atoms with Gasteiger partial charge in [-0.05, 0) is 28.5 Å². The third kappa shape index (κ3) is 3.10. The normalized spacial score (nSPS) is 9.74. The summed E-state index contributed by atoms with van der Waals surface area (Å²) in [5, 5.41) is 5.30. The van der Waals surface area contributed by atoms with Crippen molar-refractivity contribution in [1.82, 2.24) is 0 Å². The van der Waals surface area contributed by atoms with Crippen molar-refractivity contribution in [2.45, 2.75) is 6.92 Å². The van der Waals surface area contributed by atoms with Gasteiger partial charge >= 0.3 is 0 Å². The molecule has 0 fully saturated rings. The molecule has 0 spiro atoms. The second-order valence-electron chi connectivity index (χ2n) is 4.06. The average Bonchev–Trinajstić information content (AvgIpc) is 2.49. The summed E-state index contributed by atoms with van der Waals surface area (Å²) in [5.74, 6) is 0. The molecule has 3 aromatic rings. The molecule has 0 saturated heterocycles. The van der Waals surface area contributed by atoms with Crippen molar-refractivity contribution in [3.8, 4) is 0 Å². The van der Waals surface area contributed by atoms with Crippen molar-refractivity contribution in [2.75, 3.05) is 6.61 Å². The van der Waals surface area contributed by atoms with E-state index in [0.29, 0.717) is 13.1 Å². The van der Waals surface area contributed by atoms with E-state index in [1.807, 2.05) is 0 Å². The highest BCUT2D eigenvalue weighted by atomic mass is 16.5. The highest BCUT2D eigenvalue weighted by molar-refractivity contribution is 6.07. The summed E-state index contributed by atoms with van der Waals surface area (Å²) in [6, 6.07) is 21.4. The fourth-order valence-corrected chi connectivity index (χ4v) is 2.02. The van der Waals surface area contributed by atoms with Gasteiger partial charge in [-0.1, -0.05) is 60.7 Å². The standard InChI is InChI=1S/C14H10.C3H6O2/c1-3-7-13-11(5-1)9-10-12-6-2-4-8-14(12)13;1-2-5-3-4/h1-10H;3H,2H2,1H3. The number of hydrogen-bond acceptors (Lipinski definition) is 2. The minimum atomic E-state index is 0.431. The van der Waals surface area contributed by atoms with Gasteiger partial charge in [-0.25, -0.2) is 0 Å². The second-order valence-corrected chi connectivity index (χ2v) is 4.06. The third-order valence-electron chi connectivity index (χ3n) is 2.89. The summed E-state index contributed by atoms with van der Waals surface area (Å²) in [4.78, 5) is 9.18. The third-order valence-corrected chi connectivity index (χ3v) is 2.89. The van der Waals surface area contributed by atoms with E-state index in [1.165, 1.54) is 21.5 Å². The first-order chi connectivity index (χ1) is 9.36. The van der Waals surface area contributed by atoms with Gasteiger partial charge in [0.25, 0.3) is 6.47 Å². The average molecular weight is 252 g/mol. The molecule has 0 atom stereocenters. The van der Waals surface area contributed by atoms with Crippen LogP contribution < -0.4 is 0 Å². The van der Waals surface area contributed by atoms with E-state index in [4.69, 9.17) is 0 Å². The van der Waals surface area contributed by atoms with Crippen LogP contribution in [0.3, 0.4) is 0 Å². The number of ether oxygens (including phenoxy) is 1. The lowest BCUT2D eigenvalue weighted by atomic mass is 10.0. The van der Waals surface area contributed by atoms with Gasteiger partial charge in [-0.3, -0.25) is 4.79 Å². The Kier molecular flexibility index (Phi) is 4.51. The molecule has 0 N–H and O–H groups in total. The molecule has 0 aliphatic rings. The van der Waals surface area contributed by atoms with Gasteiger partial charge in [0.05, 0.1) is 6.61 Å². The van der Waals surface area contributed by atoms with Crippen molar-refractivity contribution in [3.05, 3.63) is 60.7 Å². The topological polar surface area (TPSA) is 26.3 Å². The van der Waals surface area contributed by atoms with Crippen LogP contribution in [0.4, 0.5) is 0 Å². The molecule has 0 heterocycles. The molecule has 0 aliphatic heterocycles. The number of benzene rings is 3. The molecule has 19 heavy (non-hydrogen) atoms. The summed E-state index contributed by atoms with van der Waals surface area (Å²) in [6.45, 7) is 2.66. The molecule has 0 aromatic heterocycles. The van der Waals surface area contributed by atoms with Crippen molar-refractivity contribution >= 4 is 28.0 Å². The number of carbonyl (C=O) groups excluding carboxylic acids is 1. The van der Waals surface area contributed by atoms with Gasteiger partial charge in [0.15, 0.2) is 0 Å². The Hall–Kier alpha value is -2.35. The van der Waals surface area contributed by atoms with E-state index < -0.39 is 0 Å². The predicted molar refractivity (Wildman–Crippen MR) is 79.1 cm³/mol. The van der Waals surface area contributed by atoms with Gasteiger partial charge in [-0.2, -0.15) is 0 Å². The Morgan fingerprint density at radius 3 is 1.68 bits per heavy atom. The molecule has 0 amide bonds.